The molecule has 2 unspecified atom stereocenters. The Morgan fingerprint density at radius 3 is 2.63 bits per heavy atom. The Labute approximate surface area is 158 Å². The Kier molecular flexibility index (Phi) is 4.71. The van der Waals surface area contributed by atoms with Crippen molar-refractivity contribution >= 4 is 11.6 Å². The van der Waals surface area contributed by atoms with Gasteiger partial charge in [0.2, 0.25) is 5.91 Å². The fourth-order valence-electron chi connectivity index (χ4n) is 3.69. The first-order chi connectivity index (χ1) is 13.2. The molecule has 0 radical (unpaired) electrons. The van der Waals surface area contributed by atoms with Crippen LogP contribution in [0.25, 0.3) is 0 Å². The SMILES string of the molecule is COc1ccc(CC(=O)N2CC3ON=C(c4ccccc4)C3C2)cc1OC. The van der Waals surface area contributed by atoms with Crippen molar-refractivity contribution in [3.63, 3.8) is 0 Å². The van der Waals surface area contributed by atoms with Gasteiger partial charge in [-0.3, -0.25) is 4.79 Å². The maximum absolute atomic E-state index is 12.8. The van der Waals surface area contributed by atoms with E-state index in [4.69, 9.17) is 14.3 Å². The van der Waals surface area contributed by atoms with Gasteiger partial charge in [-0.1, -0.05) is 41.6 Å². The molecule has 6 heteroatoms. The number of carbonyl (C=O) groups is 1. The van der Waals surface area contributed by atoms with Gasteiger partial charge in [0.25, 0.3) is 0 Å². The van der Waals surface area contributed by atoms with Gasteiger partial charge >= 0.3 is 0 Å². The highest BCUT2D eigenvalue weighted by Gasteiger charge is 2.44. The molecule has 2 heterocycles. The number of likely N-dealkylation sites (tertiary alicyclic amines) is 1. The summed E-state index contributed by atoms with van der Waals surface area (Å²) in [5.41, 5.74) is 2.88. The molecular formula is C21H22N2O4. The van der Waals surface area contributed by atoms with Crippen molar-refractivity contribution in [2.75, 3.05) is 27.3 Å². The van der Waals surface area contributed by atoms with Crippen LogP contribution in [-0.2, 0) is 16.1 Å². The number of hydrogen-bond acceptors (Lipinski definition) is 5. The zero-order valence-electron chi connectivity index (χ0n) is 15.4. The predicted molar refractivity (Wildman–Crippen MR) is 101 cm³/mol. The number of rotatable bonds is 5. The second-order valence-corrected chi connectivity index (χ2v) is 6.76. The molecule has 2 atom stereocenters. The Balaban J connectivity index is 1.44. The van der Waals surface area contributed by atoms with Gasteiger partial charge < -0.3 is 19.2 Å². The molecule has 2 aromatic carbocycles. The number of nitrogens with zero attached hydrogens (tertiary/aromatic N) is 2. The lowest BCUT2D eigenvalue weighted by Gasteiger charge is -2.17. The molecule has 0 spiro atoms. The van der Waals surface area contributed by atoms with Gasteiger partial charge in [-0.15, -0.1) is 0 Å². The molecule has 1 amide bonds. The maximum Gasteiger partial charge on any atom is 0.227 e. The largest absolute Gasteiger partial charge is 0.493 e. The van der Waals surface area contributed by atoms with E-state index in [0.717, 1.165) is 16.8 Å². The smallest absolute Gasteiger partial charge is 0.227 e. The molecule has 4 rings (SSSR count). The number of hydrogen-bond donors (Lipinski definition) is 0. The van der Waals surface area contributed by atoms with E-state index < -0.39 is 0 Å². The van der Waals surface area contributed by atoms with E-state index in [1.165, 1.54) is 0 Å². The lowest BCUT2D eigenvalue weighted by atomic mass is 9.95. The zero-order valence-corrected chi connectivity index (χ0v) is 15.4. The van der Waals surface area contributed by atoms with E-state index in [1.54, 1.807) is 14.2 Å². The van der Waals surface area contributed by atoms with Gasteiger partial charge in [-0.05, 0) is 23.3 Å². The number of benzene rings is 2. The van der Waals surface area contributed by atoms with Crippen molar-refractivity contribution in [3.8, 4) is 11.5 Å². The average molecular weight is 366 g/mol. The first kappa shape index (κ1) is 17.4. The number of ether oxygens (including phenoxy) is 2. The molecule has 0 N–H and O–H groups in total. The Bertz CT molecular complexity index is 866. The Morgan fingerprint density at radius 2 is 1.89 bits per heavy atom. The molecular weight excluding hydrogens is 344 g/mol. The standard InChI is InChI=1S/C21H22N2O4/c1-25-17-9-8-14(10-18(17)26-2)11-20(24)23-12-16-19(13-23)27-22-21(16)15-6-4-3-5-7-15/h3-10,16,19H,11-13H2,1-2H3. The van der Waals surface area contributed by atoms with E-state index in [1.807, 2.05) is 53.4 Å². The minimum absolute atomic E-state index is 0.0606. The van der Waals surface area contributed by atoms with Crippen molar-refractivity contribution in [1.29, 1.82) is 0 Å². The first-order valence-electron chi connectivity index (χ1n) is 8.97. The summed E-state index contributed by atoms with van der Waals surface area (Å²) in [6, 6.07) is 15.6. The van der Waals surface area contributed by atoms with Crippen molar-refractivity contribution in [2.45, 2.75) is 12.5 Å². The first-order valence-corrected chi connectivity index (χ1v) is 8.97. The predicted octanol–water partition coefficient (Wildman–Crippen LogP) is 2.51. The molecule has 1 saturated heterocycles. The number of fused-ring (bicyclic) bond motifs is 1. The van der Waals surface area contributed by atoms with Gasteiger partial charge in [0, 0.05) is 6.54 Å². The summed E-state index contributed by atoms with van der Waals surface area (Å²) >= 11 is 0. The highest BCUT2D eigenvalue weighted by molar-refractivity contribution is 6.03. The summed E-state index contributed by atoms with van der Waals surface area (Å²) in [7, 11) is 3.18. The van der Waals surface area contributed by atoms with Crippen molar-refractivity contribution < 1.29 is 19.1 Å². The fraction of sp³-hybridized carbons (Fsp3) is 0.333. The lowest BCUT2D eigenvalue weighted by Crippen LogP contribution is -2.31. The molecule has 0 bridgehead atoms. The second kappa shape index (κ2) is 7.31. The highest BCUT2D eigenvalue weighted by Crippen LogP contribution is 2.31. The monoisotopic (exact) mass is 366 g/mol. The van der Waals surface area contributed by atoms with E-state index in [0.29, 0.717) is 31.0 Å². The van der Waals surface area contributed by atoms with Gasteiger partial charge in [0.1, 0.15) is 0 Å². The van der Waals surface area contributed by atoms with Gasteiger partial charge in [-0.2, -0.15) is 0 Å². The van der Waals surface area contributed by atoms with Crippen LogP contribution in [0.5, 0.6) is 11.5 Å². The van der Waals surface area contributed by atoms with Crippen molar-refractivity contribution in [3.05, 3.63) is 59.7 Å². The quantitative estimate of drug-likeness (QED) is 0.816. The summed E-state index contributed by atoms with van der Waals surface area (Å²) in [6.45, 7) is 1.20. The van der Waals surface area contributed by atoms with E-state index in [2.05, 4.69) is 5.16 Å². The van der Waals surface area contributed by atoms with E-state index in [-0.39, 0.29) is 17.9 Å². The highest BCUT2D eigenvalue weighted by atomic mass is 16.6. The van der Waals surface area contributed by atoms with Crippen molar-refractivity contribution in [1.82, 2.24) is 4.90 Å². The van der Waals surface area contributed by atoms with Crippen LogP contribution in [0.1, 0.15) is 11.1 Å². The molecule has 0 saturated carbocycles. The molecule has 2 aliphatic heterocycles. The van der Waals surface area contributed by atoms with Crippen LogP contribution in [0, 0.1) is 5.92 Å². The second-order valence-electron chi connectivity index (χ2n) is 6.76. The van der Waals surface area contributed by atoms with Gasteiger partial charge in [0.15, 0.2) is 17.6 Å². The fourth-order valence-corrected chi connectivity index (χ4v) is 3.69. The minimum atomic E-state index is -0.0606. The number of carbonyl (C=O) groups excluding carboxylic acids is 1. The summed E-state index contributed by atoms with van der Waals surface area (Å²) in [5.74, 6) is 1.49. The summed E-state index contributed by atoms with van der Waals surface area (Å²) < 4.78 is 10.6. The normalized spacial score (nSPS) is 20.7. The molecule has 0 aliphatic carbocycles. The molecule has 2 aliphatic rings. The maximum atomic E-state index is 12.8. The minimum Gasteiger partial charge on any atom is -0.493 e. The van der Waals surface area contributed by atoms with E-state index >= 15 is 0 Å². The molecule has 2 aromatic rings. The van der Waals surface area contributed by atoms with Crippen LogP contribution >= 0.6 is 0 Å². The third-order valence-electron chi connectivity index (χ3n) is 5.13. The van der Waals surface area contributed by atoms with Gasteiger partial charge in [0.05, 0.1) is 38.8 Å². The summed E-state index contributed by atoms with van der Waals surface area (Å²) in [6.07, 6.45) is 0.256. The summed E-state index contributed by atoms with van der Waals surface area (Å²) in [5, 5.41) is 4.26. The Morgan fingerprint density at radius 1 is 1.11 bits per heavy atom. The molecule has 1 fully saturated rings. The third kappa shape index (κ3) is 3.35. The van der Waals surface area contributed by atoms with Crippen LogP contribution in [0.4, 0.5) is 0 Å². The van der Waals surface area contributed by atoms with Crippen LogP contribution in [0.15, 0.2) is 53.7 Å². The van der Waals surface area contributed by atoms with Crippen LogP contribution in [-0.4, -0.2) is 49.9 Å². The van der Waals surface area contributed by atoms with Crippen LogP contribution in [0.2, 0.25) is 0 Å². The average Bonchev–Trinajstić information content (AvgIpc) is 3.29. The molecule has 27 heavy (non-hydrogen) atoms. The van der Waals surface area contributed by atoms with Gasteiger partial charge in [-0.25, -0.2) is 0 Å². The molecule has 6 nitrogen and oxygen atoms in total. The van der Waals surface area contributed by atoms with Crippen LogP contribution in [0.3, 0.4) is 0 Å². The lowest BCUT2D eigenvalue weighted by molar-refractivity contribution is -0.130. The van der Waals surface area contributed by atoms with Crippen LogP contribution < -0.4 is 9.47 Å². The Hall–Kier alpha value is -3.02. The molecule has 0 aromatic heterocycles. The van der Waals surface area contributed by atoms with Crippen molar-refractivity contribution in [2.24, 2.45) is 11.1 Å². The number of methoxy groups -OCH3 is 2. The number of oxime groups is 1. The topological polar surface area (TPSA) is 60.4 Å². The summed E-state index contributed by atoms with van der Waals surface area (Å²) in [4.78, 5) is 20.3. The third-order valence-corrected chi connectivity index (χ3v) is 5.13. The van der Waals surface area contributed by atoms with E-state index in [9.17, 15) is 4.79 Å². The molecule has 140 valence electrons. The zero-order chi connectivity index (χ0) is 18.8. The number of amides is 1.